The number of hydrogen-bond donors (Lipinski definition) is 1. The van der Waals surface area contributed by atoms with Gasteiger partial charge in [-0.05, 0) is 32.2 Å². The van der Waals surface area contributed by atoms with E-state index in [1.54, 1.807) is 0 Å². The Labute approximate surface area is 125 Å². The Bertz CT molecular complexity index is 681. The van der Waals surface area contributed by atoms with E-state index >= 15 is 0 Å². The summed E-state index contributed by atoms with van der Waals surface area (Å²) in [5.74, 6) is 3.69. The molecule has 0 bridgehead atoms. The van der Waals surface area contributed by atoms with Gasteiger partial charge in [0.25, 0.3) is 0 Å². The van der Waals surface area contributed by atoms with Crippen molar-refractivity contribution < 1.29 is 4.79 Å². The maximum absolute atomic E-state index is 11.8. The number of Topliss-reactive ketones (excluding diaryl/α,β-unsaturated/α-hetero) is 1. The zero-order valence-electron chi connectivity index (χ0n) is 12.8. The molecule has 4 heteroatoms. The summed E-state index contributed by atoms with van der Waals surface area (Å²) in [5.41, 5.74) is 2.52. The standard InChI is InChI=1S/C17H21N3O/c1-5-7-10-20(4)12(3)17-18-14-9-8-13(16(21)6-2)11-15(14)19-17/h1,8-9,11-12H,6-7,10H2,2-4H3,(H,18,19). The second-order valence-electron chi connectivity index (χ2n) is 5.24. The minimum atomic E-state index is 0.146. The molecular weight excluding hydrogens is 262 g/mol. The Morgan fingerprint density at radius 3 is 2.95 bits per heavy atom. The van der Waals surface area contributed by atoms with Crippen molar-refractivity contribution in [2.24, 2.45) is 0 Å². The van der Waals surface area contributed by atoms with Crippen LogP contribution in [0.4, 0.5) is 0 Å². The first-order valence-electron chi connectivity index (χ1n) is 7.23. The van der Waals surface area contributed by atoms with Gasteiger partial charge in [-0.15, -0.1) is 12.3 Å². The Hall–Kier alpha value is -2.12. The molecule has 1 aromatic carbocycles. The molecule has 2 aromatic rings. The van der Waals surface area contributed by atoms with E-state index in [0.717, 1.165) is 35.4 Å². The molecule has 0 aliphatic carbocycles. The maximum Gasteiger partial charge on any atom is 0.162 e. The monoisotopic (exact) mass is 283 g/mol. The molecule has 110 valence electrons. The minimum Gasteiger partial charge on any atom is -0.341 e. The van der Waals surface area contributed by atoms with Crippen LogP contribution >= 0.6 is 0 Å². The third-order valence-corrected chi connectivity index (χ3v) is 3.81. The Morgan fingerprint density at radius 2 is 2.29 bits per heavy atom. The van der Waals surface area contributed by atoms with Crippen molar-refractivity contribution in [3.63, 3.8) is 0 Å². The molecule has 0 saturated heterocycles. The molecular formula is C17H21N3O. The highest BCUT2D eigenvalue weighted by atomic mass is 16.1. The van der Waals surface area contributed by atoms with Crippen LogP contribution in [0.3, 0.4) is 0 Å². The zero-order valence-corrected chi connectivity index (χ0v) is 12.8. The molecule has 0 amide bonds. The molecule has 21 heavy (non-hydrogen) atoms. The van der Waals surface area contributed by atoms with E-state index < -0.39 is 0 Å². The zero-order chi connectivity index (χ0) is 15.4. The number of aromatic nitrogens is 2. The summed E-state index contributed by atoms with van der Waals surface area (Å²) in [6.07, 6.45) is 6.53. The lowest BCUT2D eigenvalue weighted by Crippen LogP contribution is -2.24. The summed E-state index contributed by atoms with van der Waals surface area (Å²) in [7, 11) is 2.03. The number of imidazole rings is 1. The second kappa shape index (κ2) is 6.55. The lowest BCUT2D eigenvalue weighted by Gasteiger charge is -2.21. The molecule has 4 nitrogen and oxygen atoms in total. The van der Waals surface area contributed by atoms with Crippen LogP contribution in [0.2, 0.25) is 0 Å². The number of nitrogens with zero attached hydrogens (tertiary/aromatic N) is 2. The van der Waals surface area contributed by atoms with Gasteiger partial charge in [-0.2, -0.15) is 0 Å². The van der Waals surface area contributed by atoms with Gasteiger partial charge in [0.05, 0.1) is 17.1 Å². The third-order valence-electron chi connectivity index (χ3n) is 3.81. The molecule has 0 saturated carbocycles. The van der Waals surface area contributed by atoms with E-state index in [1.807, 2.05) is 32.2 Å². The predicted molar refractivity (Wildman–Crippen MR) is 85.2 cm³/mol. The first kappa shape index (κ1) is 15.3. The van der Waals surface area contributed by atoms with Gasteiger partial charge in [-0.3, -0.25) is 9.69 Å². The Morgan fingerprint density at radius 1 is 1.52 bits per heavy atom. The van der Waals surface area contributed by atoms with Crippen molar-refractivity contribution in [1.82, 2.24) is 14.9 Å². The average molecular weight is 283 g/mol. The number of H-pyrrole nitrogens is 1. The fourth-order valence-corrected chi connectivity index (χ4v) is 2.25. The topological polar surface area (TPSA) is 49.0 Å². The number of nitrogens with one attached hydrogen (secondary N) is 1. The molecule has 1 heterocycles. The fraction of sp³-hybridized carbons (Fsp3) is 0.412. The summed E-state index contributed by atoms with van der Waals surface area (Å²) in [4.78, 5) is 21.8. The Balaban J connectivity index is 2.26. The number of aromatic amines is 1. The number of rotatable bonds is 6. The van der Waals surface area contributed by atoms with Crippen LogP contribution in [0, 0.1) is 12.3 Å². The Kier molecular flexibility index (Phi) is 4.77. The third kappa shape index (κ3) is 3.32. The SMILES string of the molecule is C#CCCN(C)C(C)c1nc2ccc(C(=O)CC)cc2[nH]1. The first-order valence-corrected chi connectivity index (χ1v) is 7.23. The fourth-order valence-electron chi connectivity index (χ4n) is 2.25. The molecule has 0 fully saturated rings. The van der Waals surface area contributed by atoms with E-state index in [4.69, 9.17) is 6.42 Å². The van der Waals surface area contributed by atoms with Crippen molar-refractivity contribution >= 4 is 16.8 Å². The van der Waals surface area contributed by atoms with Crippen molar-refractivity contribution in [3.05, 3.63) is 29.6 Å². The summed E-state index contributed by atoms with van der Waals surface area (Å²) in [6.45, 7) is 4.79. The molecule has 0 aliphatic rings. The van der Waals surface area contributed by atoms with E-state index in [-0.39, 0.29) is 11.8 Å². The summed E-state index contributed by atoms with van der Waals surface area (Å²) >= 11 is 0. The molecule has 0 radical (unpaired) electrons. The number of fused-ring (bicyclic) bond motifs is 1. The van der Waals surface area contributed by atoms with Gasteiger partial charge in [0.1, 0.15) is 5.82 Å². The molecule has 0 spiro atoms. The van der Waals surface area contributed by atoms with E-state index in [9.17, 15) is 4.79 Å². The highest BCUT2D eigenvalue weighted by Gasteiger charge is 2.15. The van der Waals surface area contributed by atoms with E-state index in [0.29, 0.717) is 6.42 Å². The molecule has 1 N–H and O–H groups in total. The summed E-state index contributed by atoms with van der Waals surface area (Å²) in [6, 6.07) is 5.76. The van der Waals surface area contributed by atoms with Crippen LogP contribution < -0.4 is 0 Å². The van der Waals surface area contributed by atoms with Gasteiger partial charge in [-0.1, -0.05) is 6.92 Å². The van der Waals surface area contributed by atoms with Crippen LogP contribution in [0.5, 0.6) is 0 Å². The van der Waals surface area contributed by atoms with Gasteiger partial charge in [0, 0.05) is 24.9 Å². The van der Waals surface area contributed by atoms with Gasteiger partial charge in [-0.25, -0.2) is 4.98 Å². The summed E-state index contributed by atoms with van der Waals surface area (Å²) < 4.78 is 0. The summed E-state index contributed by atoms with van der Waals surface area (Å²) in [5, 5.41) is 0. The van der Waals surface area contributed by atoms with Gasteiger partial charge < -0.3 is 4.98 Å². The number of benzene rings is 1. The quantitative estimate of drug-likeness (QED) is 0.654. The highest BCUT2D eigenvalue weighted by molar-refractivity contribution is 5.98. The van der Waals surface area contributed by atoms with Crippen molar-refractivity contribution in [2.45, 2.75) is 32.7 Å². The maximum atomic E-state index is 11.8. The molecule has 1 unspecified atom stereocenters. The minimum absolute atomic E-state index is 0.146. The van der Waals surface area contributed by atoms with Crippen molar-refractivity contribution in [2.75, 3.05) is 13.6 Å². The van der Waals surface area contributed by atoms with E-state index in [1.165, 1.54) is 0 Å². The van der Waals surface area contributed by atoms with Crippen LogP contribution in [0.15, 0.2) is 18.2 Å². The number of hydrogen-bond acceptors (Lipinski definition) is 3. The molecule has 0 aliphatic heterocycles. The van der Waals surface area contributed by atoms with Crippen molar-refractivity contribution in [3.8, 4) is 12.3 Å². The number of carbonyl (C=O) groups is 1. The lowest BCUT2D eigenvalue weighted by atomic mass is 10.1. The number of carbonyl (C=O) groups excluding carboxylic acids is 1. The smallest absolute Gasteiger partial charge is 0.162 e. The lowest BCUT2D eigenvalue weighted by molar-refractivity contribution is 0.0988. The molecule has 2 rings (SSSR count). The number of ketones is 1. The largest absolute Gasteiger partial charge is 0.341 e. The van der Waals surface area contributed by atoms with E-state index in [2.05, 4.69) is 27.7 Å². The van der Waals surface area contributed by atoms with Crippen LogP contribution in [-0.4, -0.2) is 34.2 Å². The van der Waals surface area contributed by atoms with Crippen LogP contribution in [0.1, 0.15) is 48.9 Å². The molecule has 1 atom stereocenters. The highest BCUT2D eigenvalue weighted by Crippen LogP contribution is 2.21. The predicted octanol–water partition coefficient (Wildman–Crippen LogP) is 3.17. The van der Waals surface area contributed by atoms with Crippen LogP contribution in [0.25, 0.3) is 11.0 Å². The normalized spacial score (nSPS) is 12.5. The van der Waals surface area contributed by atoms with Crippen LogP contribution in [-0.2, 0) is 0 Å². The first-order chi connectivity index (χ1) is 10.1. The van der Waals surface area contributed by atoms with Crippen molar-refractivity contribution in [1.29, 1.82) is 0 Å². The van der Waals surface area contributed by atoms with Gasteiger partial charge in [0.2, 0.25) is 0 Å². The second-order valence-corrected chi connectivity index (χ2v) is 5.24. The average Bonchev–Trinajstić information content (AvgIpc) is 2.93. The number of terminal acetylenes is 1. The van der Waals surface area contributed by atoms with Gasteiger partial charge in [0.15, 0.2) is 5.78 Å². The molecule has 1 aromatic heterocycles. The van der Waals surface area contributed by atoms with Gasteiger partial charge >= 0.3 is 0 Å².